The number of aromatic nitrogens is 1. The number of nitrogens with one attached hydrogen (secondary N) is 1. The summed E-state index contributed by atoms with van der Waals surface area (Å²) in [5.41, 5.74) is 3.41. The van der Waals surface area contributed by atoms with Gasteiger partial charge >= 0.3 is 0 Å². The zero-order valence-electron chi connectivity index (χ0n) is 15.8. The van der Waals surface area contributed by atoms with Gasteiger partial charge in [-0.3, -0.25) is 4.79 Å². The van der Waals surface area contributed by atoms with Crippen LogP contribution in [0.2, 0.25) is 0 Å². The quantitative estimate of drug-likeness (QED) is 0.443. The number of rotatable bonds is 5. The van der Waals surface area contributed by atoms with Gasteiger partial charge in [-0.15, -0.1) is 11.3 Å². The van der Waals surface area contributed by atoms with Crippen molar-refractivity contribution in [2.24, 2.45) is 0 Å². The molecule has 144 valence electrons. The molecule has 1 N–H and O–H groups in total. The van der Waals surface area contributed by atoms with Crippen molar-refractivity contribution in [2.45, 2.75) is 12.8 Å². The first-order chi connectivity index (χ1) is 14.1. The smallest absolute Gasteiger partial charge is 0.238 e. The normalized spacial score (nSPS) is 10.9. The zero-order chi connectivity index (χ0) is 20.2. The Balaban J connectivity index is 1.63. The summed E-state index contributed by atoms with van der Waals surface area (Å²) in [6, 6.07) is 25.6. The molecule has 0 aliphatic carbocycles. The van der Waals surface area contributed by atoms with Crippen LogP contribution in [0.3, 0.4) is 0 Å². The molecule has 1 amide bonds. The van der Waals surface area contributed by atoms with Crippen molar-refractivity contribution in [2.75, 3.05) is 5.32 Å². The summed E-state index contributed by atoms with van der Waals surface area (Å²) in [7, 11) is 0. The number of halogens is 1. The molecule has 0 atom stereocenters. The lowest BCUT2D eigenvalue weighted by Crippen LogP contribution is -2.22. The standard InChI is InChI=1S/C24H19FN2OS/c1-16-22(19-12-14-20(25)15-13-19)26-24(29-16)27-23(28)21(17-8-4-2-5-9-17)18-10-6-3-7-11-18/h2-15,21H,1H3,(H,26,27,28). The van der Waals surface area contributed by atoms with E-state index >= 15 is 0 Å². The van der Waals surface area contributed by atoms with Crippen LogP contribution in [0.15, 0.2) is 84.9 Å². The number of amides is 1. The molecule has 3 aromatic carbocycles. The molecule has 0 unspecified atom stereocenters. The minimum absolute atomic E-state index is 0.137. The van der Waals surface area contributed by atoms with E-state index in [0.717, 1.165) is 27.3 Å². The molecular weight excluding hydrogens is 383 g/mol. The van der Waals surface area contributed by atoms with Gasteiger partial charge in [0, 0.05) is 10.4 Å². The molecule has 1 aromatic heterocycles. The molecule has 29 heavy (non-hydrogen) atoms. The molecule has 0 aliphatic rings. The minimum Gasteiger partial charge on any atom is -0.301 e. The molecule has 4 rings (SSSR count). The Kier molecular flexibility index (Phi) is 5.49. The predicted octanol–water partition coefficient (Wildman–Crippen LogP) is 6.03. The van der Waals surface area contributed by atoms with E-state index in [9.17, 15) is 9.18 Å². The molecule has 0 saturated carbocycles. The summed E-state index contributed by atoms with van der Waals surface area (Å²) in [6.07, 6.45) is 0. The second-order valence-corrected chi connectivity index (χ2v) is 7.88. The third-order valence-corrected chi connectivity index (χ3v) is 5.56. The van der Waals surface area contributed by atoms with Gasteiger partial charge in [0.15, 0.2) is 5.13 Å². The van der Waals surface area contributed by atoms with E-state index in [4.69, 9.17) is 0 Å². The minimum atomic E-state index is -0.434. The van der Waals surface area contributed by atoms with Crippen molar-refractivity contribution in [3.63, 3.8) is 0 Å². The maximum atomic E-state index is 13.2. The van der Waals surface area contributed by atoms with Gasteiger partial charge in [0.2, 0.25) is 5.91 Å². The highest BCUT2D eigenvalue weighted by atomic mass is 32.1. The number of hydrogen-bond acceptors (Lipinski definition) is 3. The number of anilines is 1. The second kappa shape index (κ2) is 8.37. The molecule has 5 heteroatoms. The molecular formula is C24H19FN2OS. The number of aryl methyl sites for hydroxylation is 1. The van der Waals surface area contributed by atoms with Gasteiger partial charge < -0.3 is 5.32 Å². The molecule has 0 radical (unpaired) electrons. The van der Waals surface area contributed by atoms with Crippen LogP contribution in [0, 0.1) is 12.7 Å². The van der Waals surface area contributed by atoms with Gasteiger partial charge in [0.05, 0.1) is 11.6 Å². The SMILES string of the molecule is Cc1sc(NC(=O)C(c2ccccc2)c2ccccc2)nc1-c1ccc(F)cc1. The van der Waals surface area contributed by atoms with Crippen molar-refractivity contribution >= 4 is 22.4 Å². The van der Waals surface area contributed by atoms with E-state index in [2.05, 4.69) is 10.3 Å². The highest BCUT2D eigenvalue weighted by Gasteiger charge is 2.24. The molecule has 0 fully saturated rings. The van der Waals surface area contributed by atoms with Gasteiger partial charge in [0.1, 0.15) is 5.82 Å². The van der Waals surface area contributed by atoms with Crippen molar-refractivity contribution in [3.8, 4) is 11.3 Å². The Hall–Kier alpha value is -3.31. The average molecular weight is 402 g/mol. The number of carbonyl (C=O) groups is 1. The van der Waals surface area contributed by atoms with Crippen molar-refractivity contribution < 1.29 is 9.18 Å². The second-order valence-electron chi connectivity index (χ2n) is 6.67. The van der Waals surface area contributed by atoms with Gasteiger partial charge in [-0.1, -0.05) is 60.7 Å². The number of carbonyl (C=O) groups excluding carboxylic acids is 1. The number of nitrogens with zero attached hydrogens (tertiary/aromatic N) is 1. The van der Waals surface area contributed by atoms with Gasteiger partial charge in [-0.05, 0) is 42.3 Å². The molecule has 1 heterocycles. The van der Waals surface area contributed by atoms with Crippen LogP contribution in [0.5, 0.6) is 0 Å². The maximum Gasteiger partial charge on any atom is 0.238 e. The summed E-state index contributed by atoms with van der Waals surface area (Å²) in [4.78, 5) is 18.8. The molecule has 0 aliphatic heterocycles. The first-order valence-corrected chi connectivity index (χ1v) is 10.1. The van der Waals surface area contributed by atoms with Crippen LogP contribution in [0.25, 0.3) is 11.3 Å². The van der Waals surface area contributed by atoms with E-state index in [1.54, 1.807) is 12.1 Å². The maximum absolute atomic E-state index is 13.2. The zero-order valence-corrected chi connectivity index (χ0v) is 16.6. The summed E-state index contributed by atoms with van der Waals surface area (Å²) < 4.78 is 13.2. The molecule has 4 aromatic rings. The fourth-order valence-electron chi connectivity index (χ4n) is 3.29. The van der Waals surface area contributed by atoms with Crippen molar-refractivity contribution in [3.05, 3.63) is 107 Å². The Labute approximate surface area is 172 Å². The van der Waals surface area contributed by atoms with E-state index in [0.29, 0.717) is 5.13 Å². The van der Waals surface area contributed by atoms with E-state index in [1.807, 2.05) is 67.6 Å². The highest BCUT2D eigenvalue weighted by Crippen LogP contribution is 2.32. The van der Waals surface area contributed by atoms with Gasteiger partial charge in [-0.25, -0.2) is 9.37 Å². The number of benzene rings is 3. The van der Waals surface area contributed by atoms with Crippen LogP contribution in [0.4, 0.5) is 9.52 Å². The van der Waals surface area contributed by atoms with Crippen molar-refractivity contribution in [1.29, 1.82) is 0 Å². The van der Waals surface area contributed by atoms with Crippen LogP contribution in [0.1, 0.15) is 21.9 Å². The lowest BCUT2D eigenvalue weighted by atomic mass is 9.90. The Morgan fingerprint density at radius 3 is 2.00 bits per heavy atom. The van der Waals surface area contributed by atoms with Crippen LogP contribution < -0.4 is 5.32 Å². The molecule has 0 bridgehead atoms. The molecule has 0 saturated heterocycles. The van der Waals surface area contributed by atoms with Crippen LogP contribution in [-0.4, -0.2) is 10.9 Å². The third kappa shape index (κ3) is 4.25. The number of hydrogen-bond donors (Lipinski definition) is 1. The van der Waals surface area contributed by atoms with Gasteiger partial charge in [-0.2, -0.15) is 0 Å². The van der Waals surface area contributed by atoms with Gasteiger partial charge in [0.25, 0.3) is 0 Å². The van der Waals surface area contributed by atoms with Crippen LogP contribution >= 0.6 is 11.3 Å². The van der Waals surface area contributed by atoms with E-state index in [-0.39, 0.29) is 11.7 Å². The topological polar surface area (TPSA) is 42.0 Å². The van der Waals surface area contributed by atoms with Crippen LogP contribution in [-0.2, 0) is 4.79 Å². The predicted molar refractivity (Wildman–Crippen MR) is 116 cm³/mol. The average Bonchev–Trinajstić information content (AvgIpc) is 3.10. The molecule has 0 spiro atoms. The fraction of sp³-hybridized carbons (Fsp3) is 0.0833. The Morgan fingerprint density at radius 1 is 0.897 bits per heavy atom. The molecule has 3 nitrogen and oxygen atoms in total. The first kappa shape index (κ1) is 19.0. The largest absolute Gasteiger partial charge is 0.301 e. The van der Waals surface area contributed by atoms with E-state index in [1.165, 1.54) is 23.5 Å². The monoisotopic (exact) mass is 402 g/mol. The number of thiazole rings is 1. The highest BCUT2D eigenvalue weighted by molar-refractivity contribution is 7.16. The Morgan fingerprint density at radius 2 is 1.45 bits per heavy atom. The summed E-state index contributed by atoms with van der Waals surface area (Å²) >= 11 is 1.41. The van der Waals surface area contributed by atoms with E-state index < -0.39 is 5.92 Å². The lowest BCUT2D eigenvalue weighted by Gasteiger charge is -2.17. The Bertz CT molecular complexity index is 1070. The summed E-state index contributed by atoms with van der Waals surface area (Å²) in [5, 5.41) is 3.51. The fourth-order valence-corrected chi connectivity index (χ4v) is 4.13. The summed E-state index contributed by atoms with van der Waals surface area (Å²) in [6.45, 7) is 1.94. The summed E-state index contributed by atoms with van der Waals surface area (Å²) in [5.74, 6) is -0.860. The first-order valence-electron chi connectivity index (χ1n) is 9.26. The lowest BCUT2D eigenvalue weighted by molar-refractivity contribution is -0.116. The van der Waals surface area contributed by atoms with Crippen molar-refractivity contribution in [1.82, 2.24) is 4.98 Å². The third-order valence-electron chi connectivity index (χ3n) is 4.67.